The van der Waals surface area contributed by atoms with Gasteiger partial charge in [0.15, 0.2) is 0 Å². The zero-order chi connectivity index (χ0) is 24.4. The van der Waals surface area contributed by atoms with Gasteiger partial charge < -0.3 is 5.32 Å². The van der Waals surface area contributed by atoms with Crippen LogP contribution < -0.4 is 19.9 Å². The number of sulfonamides is 3. The highest BCUT2D eigenvalue weighted by molar-refractivity contribution is 7.93. The Morgan fingerprint density at radius 3 is 1.94 bits per heavy atom. The standard InChI is InChI=1S/C16H16N6O7S4/c1-10-2-6-12(7-3-10)32(26,27)21-14(23)18-11-4-8-13(9-5-11)33(28,29)22-15-19-20-16(30-15)31(17,24)25/h2-9H,1H3,(H,19,22)(H2,17,24,25)(H2,18,21,23). The zero-order valence-electron chi connectivity index (χ0n) is 16.6. The van der Waals surface area contributed by atoms with Crippen LogP contribution in [0.2, 0.25) is 0 Å². The first-order valence-corrected chi connectivity index (χ1v) is 14.0. The molecule has 5 N–H and O–H groups in total. The van der Waals surface area contributed by atoms with E-state index in [1.54, 1.807) is 19.1 Å². The third-order valence-corrected chi connectivity index (χ3v) is 8.83. The number of nitrogens with two attached hydrogens (primary N) is 1. The minimum atomic E-state index is -4.16. The van der Waals surface area contributed by atoms with Crippen molar-refractivity contribution >= 4 is 58.3 Å². The molecule has 0 aliphatic carbocycles. The number of anilines is 2. The number of urea groups is 1. The van der Waals surface area contributed by atoms with E-state index in [1.165, 1.54) is 24.3 Å². The molecule has 0 atom stereocenters. The predicted octanol–water partition coefficient (Wildman–Crippen LogP) is 0.805. The summed E-state index contributed by atoms with van der Waals surface area (Å²) in [4.78, 5) is 11.7. The van der Waals surface area contributed by atoms with Crippen LogP contribution in [0.3, 0.4) is 0 Å². The molecule has 2 aromatic carbocycles. The van der Waals surface area contributed by atoms with Crippen LogP contribution >= 0.6 is 11.3 Å². The van der Waals surface area contributed by atoms with Crippen LogP contribution in [0.15, 0.2) is 62.7 Å². The number of rotatable bonds is 7. The lowest BCUT2D eigenvalue weighted by Crippen LogP contribution is -2.34. The lowest BCUT2D eigenvalue weighted by molar-refractivity contribution is 0.256. The van der Waals surface area contributed by atoms with E-state index < -0.39 is 40.4 Å². The fourth-order valence-corrected chi connectivity index (χ4v) is 5.78. The molecule has 0 bridgehead atoms. The molecule has 33 heavy (non-hydrogen) atoms. The van der Waals surface area contributed by atoms with E-state index in [9.17, 15) is 30.0 Å². The zero-order valence-corrected chi connectivity index (χ0v) is 19.8. The summed E-state index contributed by atoms with van der Waals surface area (Å²) in [6.07, 6.45) is 0. The van der Waals surface area contributed by atoms with Crippen LogP contribution in [0.1, 0.15) is 5.56 Å². The summed E-state index contributed by atoms with van der Waals surface area (Å²) in [5.74, 6) is 0. The van der Waals surface area contributed by atoms with Crippen LogP contribution in [0.4, 0.5) is 15.6 Å². The van der Waals surface area contributed by atoms with Gasteiger partial charge in [-0.15, -0.1) is 10.2 Å². The predicted molar refractivity (Wildman–Crippen MR) is 119 cm³/mol. The van der Waals surface area contributed by atoms with E-state index in [0.29, 0.717) is 11.3 Å². The van der Waals surface area contributed by atoms with E-state index in [0.717, 1.165) is 17.7 Å². The van der Waals surface area contributed by atoms with Crippen molar-refractivity contribution in [2.75, 3.05) is 10.0 Å². The van der Waals surface area contributed by atoms with Crippen LogP contribution in [-0.4, -0.2) is 41.5 Å². The first kappa shape index (κ1) is 24.5. The molecule has 0 unspecified atom stereocenters. The van der Waals surface area contributed by atoms with Crippen molar-refractivity contribution < 1.29 is 30.0 Å². The van der Waals surface area contributed by atoms with Gasteiger partial charge in [0.2, 0.25) is 9.47 Å². The number of amides is 2. The lowest BCUT2D eigenvalue weighted by Gasteiger charge is -2.10. The molecule has 0 aliphatic heterocycles. The first-order chi connectivity index (χ1) is 15.3. The van der Waals surface area contributed by atoms with Crippen LogP contribution in [0.5, 0.6) is 0 Å². The Kier molecular flexibility index (Phi) is 6.70. The Hall–Kier alpha value is -3.12. The molecule has 1 heterocycles. The maximum atomic E-state index is 12.4. The molecule has 0 fully saturated rings. The minimum Gasteiger partial charge on any atom is -0.307 e. The summed E-state index contributed by atoms with van der Waals surface area (Å²) in [5.41, 5.74) is 0.955. The normalized spacial score (nSPS) is 12.2. The second kappa shape index (κ2) is 9.02. The molecular weight excluding hydrogens is 516 g/mol. The van der Waals surface area contributed by atoms with Gasteiger partial charge in [0, 0.05) is 5.69 Å². The number of hydrogen-bond acceptors (Lipinski definition) is 10. The number of nitrogens with one attached hydrogen (secondary N) is 3. The molecule has 17 heteroatoms. The topological polar surface area (TPSA) is 207 Å². The number of benzene rings is 2. The Morgan fingerprint density at radius 2 is 1.39 bits per heavy atom. The van der Waals surface area contributed by atoms with E-state index in [2.05, 4.69) is 20.2 Å². The smallest absolute Gasteiger partial charge is 0.307 e. The molecule has 0 saturated heterocycles. The summed E-state index contributed by atoms with van der Waals surface area (Å²) in [7, 11) is -12.4. The van der Waals surface area contributed by atoms with Gasteiger partial charge in [-0.3, -0.25) is 4.72 Å². The van der Waals surface area contributed by atoms with Crippen molar-refractivity contribution in [3.8, 4) is 0 Å². The van der Waals surface area contributed by atoms with Crippen LogP contribution in [0, 0.1) is 6.92 Å². The molecule has 2 amide bonds. The number of carbonyl (C=O) groups is 1. The molecule has 0 radical (unpaired) electrons. The second-order valence-electron chi connectivity index (χ2n) is 6.42. The quantitative estimate of drug-likeness (QED) is 0.339. The monoisotopic (exact) mass is 532 g/mol. The van der Waals surface area contributed by atoms with Crippen LogP contribution in [0.25, 0.3) is 0 Å². The molecule has 0 saturated carbocycles. The lowest BCUT2D eigenvalue weighted by atomic mass is 10.2. The maximum absolute atomic E-state index is 12.4. The number of aromatic nitrogens is 2. The van der Waals surface area contributed by atoms with Gasteiger partial charge in [0.25, 0.3) is 30.1 Å². The average molecular weight is 533 g/mol. The Bertz CT molecular complexity index is 1500. The molecule has 176 valence electrons. The number of hydrogen-bond donors (Lipinski definition) is 4. The number of primary sulfonamides is 1. The first-order valence-electron chi connectivity index (χ1n) is 8.66. The minimum absolute atomic E-state index is 0.0990. The molecular formula is C16H16N6O7S4. The SMILES string of the molecule is Cc1ccc(S(=O)(=O)NC(=O)Nc2ccc(S(=O)(=O)Nc3nnc(S(N)(=O)=O)s3)cc2)cc1. The summed E-state index contributed by atoms with van der Waals surface area (Å²) >= 11 is 0.429. The summed E-state index contributed by atoms with van der Waals surface area (Å²) < 4.78 is 75.1. The van der Waals surface area contributed by atoms with Crippen molar-refractivity contribution in [2.45, 2.75) is 21.1 Å². The third-order valence-electron chi connectivity index (χ3n) is 3.85. The highest BCUT2D eigenvalue weighted by atomic mass is 32.2. The highest BCUT2D eigenvalue weighted by Gasteiger charge is 2.21. The van der Waals surface area contributed by atoms with E-state index in [-0.39, 0.29) is 20.6 Å². The van der Waals surface area contributed by atoms with E-state index in [1.807, 2.05) is 4.72 Å². The third kappa shape index (κ3) is 6.23. The molecule has 3 rings (SSSR count). The number of carbonyl (C=O) groups excluding carboxylic acids is 1. The van der Waals surface area contributed by atoms with E-state index >= 15 is 0 Å². The van der Waals surface area contributed by atoms with Gasteiger partial charge in [-0.25, -0.2) is 39.9 Å². The Balaban J connectivity index is 1.67. The Labute approximate surface area is 193 Å². The van der Waals surface area contributed by atoms with Gasteiger partial charge in [0.05, 0.1) is 9.79 Å². The molecule has 13 nitrogen and oxygen atoms in total. The van der Waals surface area contributed by atoms with Gasteiger partial charge in [0.1, 0.15) is 0 Å². The van der Waals surface area contributed by atoms with Gasteiger partial charge in [-0.2, -0.15) is 0 Å². The molecule has 1 aromatic heterocycles. The number of aryl methyl sites for hydroxylation is 1. The fourth-order valence-electron chi connectivity index (χ4n) is 2.31. The molecule has 0 spiro atoms. The van der Waals surface area contributed by atoms with Gasteiger partial charge in [-0.1, -0.05) is 29.0 Å². The fraction of sp³-hybridized carbons (Fsp3) is 0.0625. The van der Waals surface area contributed by atoms with E-state index in [4.69, 9.17) is 5.14 Å². The average Bonchev–Trinajstić information content (AvgIpc) is 3.16. The second-order valence-corrected chi connectivity index (χ2v) is 12.5. The number of nitrogens with zero attached hydrogens (tertiary/aromatic N) is 2. The van der Waals surface area contributed by atoms with Crippen molar-refractivity contribution in [2.24, 2.45) is 5.14 Å². The van der Waals surface area contributed by atoms with Crippen molar-refractivity contribution in [1.29, 1.82) is 0 Å². The van der Waals surface area contributed by atoms with Crippen LogP contribution in [-0.2, 0) is 30.1 Å². The maximum Gasteiger partial charge on any atom is 0.333 e. The summed E-state index contributed by atoms with van der Waals surface area (Å²) in [5, 5.41) is 13.6. The molecule has 3 aromatic rings. The van der Waals surface area contributed by atoms with Gasteiger partial charge in [-0.05, 0) is 43.3 Å². The molecule has 0 aliphatic rings. The Morgan fingerprint density at radius 1 is 0.848 bits per heavy atom. The van der Waals surface area contributed by atoms with Crippen molar-refractivity contribution in [3.05, 3.63) is 54.1 Å². The largest absolute Gasteiger partial charge is 0.333 e. The van der Waals surface area contributed by atoms with Gasteiger partial charge >= 0.3 is 6.03 Å². The highest BCUT2D eigenvalue weighted by Crippen LogP contribution is 2.23. The summed E-state index contributed by atoms with van der Waals surface area (Å²) in [6.45, 7) is 1.78. The van der Waals surface area contributed by atoms with Crippen molar-refractivity contribution in [3.63, 3.8) is 0 Å². The van der Waals surface area contributed by atoms with Crippen molar-refractivity contribution in [1.82, 2.24) is 14.9 Å². The summed E-state index contributed by atoms with van der Waals surface area (Å²) in [6, 6.07) is 9.53.